The number of hydrogen-bond acceptors (Lipinski definition) is 8. The van der Waals surface area contributed by atoms with Crippen LogP contribution in [0, 0.1) is 0 Å². The molecule has 5 aromatic rings. The molecular formula is C30H29N7O2. The third-order valence-corrected chi connectivity index (χ3v) is 7.10. The molecule has 0 spiro atoms. The molecule has 3 heterocycles. The second-order valence-electron chi connectivity index (χ2n) is 9.45. The van der Waals surface area contributed by atoms with E-state index in [1.54, 1.807) is 18.7 Å². The minimum absolute atomic E-state index is 0.225. The lowest BCUT2D eigenvalue weighted by molar-refractivity contribution is 0.387. The van der Waals surface area contributed by atoms with E-state index in [9.17, 15) is 0 Å². The number of anilines is 2. The number of benzene rings is 2. The van der Waals surface area contributed by atoms with Gasteiger partial charge in [0, 0.05) is 11.1 Å². The molecule has 9 heteroatoms. The first kappa shape index (κ1) is 24.4. The number of nitrogen functional groups attached to an aromatic ring is 2. The highest BCUT2D eigenvalue weighted by Crippen LogP contribution is 2.44. The van der Waals surface area contributed by atoms with Crippen LogP contribution in [0.3, 0.4) is 0 Å². The van der Waals surface area contributed by atoms with Crippen LogP contribution in [0.1, 0.15) is 30.7 Å². The fourth-order valence-electron chi connectivity index (χ4n) is 5.24. The number of nitrogens with zero attached hydrogens (tertiary/aromatic N) is 5. The maximum atomic E-state index is 6.37. The molecule has 39 heavy (non-hydrogen) atoms. The maximum Gasteiger partial charge on any atom is 0.226 e. The van der Waals surface area contributed by atoms with Gasteiger partial charge in [-0.2, -0.15) is 9.61 Å². The van der Waals surface area contributed by atoms with Crippen molar-refractivity contribution < 1.29 is 9.47 Å². The van der Waals surface area contributed by atoms with E-state index in [1.165, 1.54) is 6.20 Å². The van der Waals surface area contributed by atoms with E-state index in [0.29, 0.717) is 28.5 Å². The number of nitrogens with two attached hydrogens (primary N) is 2. The Morgan fingerprint density at radius 3 is 2.33 bits per heavy atom. The summed E-state index contributed by atoms with van der Waals surface area (Å²) >= 11 is 0. The third-order valence-electron chi connectivity index (χ3n) is 7.10. The summed E-state index contributed by atoms with van der Waals surface area (Å²) in [4.78, 5) is 14.1. The minimum Gasteiger partial charge on any atom is -0.497 e. The van der Waals surface area contributed by atoms with Crippen LogP contribution in [-0.4, -0.2) is 38.8 Å². The molecule has 196 valence electrons. The van der Waals surface area contributed by atoms with Crippen molar-refractivity contribution in [3.8, 4) is 45.4 Å². The standard InChI is InChI=1S/C30H29N7O2/c1-38-21-15-13-19(14-16-21)24-26(27-28(32)33-17-22(31)34-27)35-29-23(18-9-5-3-6-10-18)25(20-11-7-4-8-12-20)36-37(29)30(24)39-2/h3-5,7-8,11-18H,6,9-10H2,1-2H3,(H2,31,34)(H2,32,33). The highest BCUT2D eigenvalue weighted by molar-refractivity contribution is 5.89. The quantitative estimate of drug-likeness (QED) is 0.281. The molecule has 1 aliphatic rings. The molecule has 4 N–H and O–H groups in total. The Labute approximate surface area is 226 Å². The number of aromatic nitrogens is 5. The van der Waals surface area contributed by atoms with Crippen molar-refractivity contribution in [1.82, 2.24) is 24.6 Å². The summed E-state index contributed by atoms with van der Waals surface area (Å²) in [5.74, 6) is 1.96. The number of rotatable bonds is 6. The summed E-state index contributed by atoms with van der Waals surface area (Å²) in [7, 11) is 3.27. The molecule has 0 saturated heterocycles. The summed E-state index contributed by atoms with van der Waals surface area (Å²) in [5, 5.41) is 5.11. The Morgan fingerprint density at radius 1 is 0.846 bits per heavy atom. The van der Waals surface area contributed by atoms with E-state index in [-0.39, 0.29) is 17.6 Å². The minimum atomic E-state index is 0.225. The van der Waals surface area contributed by atoms with Crippen LogP contribution in [-0.2, 0) is 0 Å². The number of ether oxygens (including phenoxy) is 2. The van der Waals surface area contributed by atoms with Crippen LogP contribution in [0.15, 0.2) is 72.9 Å². The lowest BCUT2D eigenvalue weighted by Crippen LogP contribution is -2.08. The Kier molecular flexibility index (Phi) is 6.32. The average molecular weight is 520 g/mol. The number of methoxy groups -OCH3 is 2. The molecule has 0 amide bonds. The molecule has 9 nitrogen and oxygen atoms in total. The second-order valence-corrected chi connectivity index (χ2v) is 9.45. The fraction of sp³-hybridized carbons (Fsp3) is 0.200. The lowest BCUT2D eigenvalue weighted by atomic mass is 9.86. The van der Waals surface area contributed by atoms with Gasteiger partial charge in [-0.1, -0.05) is 54.6 Å². The molecule has 0 fully saturated rings. The number of allylic oxidation sites excluding steroid dienone is 2. The summed E-state index contributed by atoms with van der Waals surface area (Å²) in [6.45, 7) is 0. The Balaban J connectivity index is 1.73. The van der Waals surface area contributed by atoms with Gasteiger partial charge in [-0.15, -0.1) is 0 Å². The predicted octanol–water partition coefficient (Wildman–Crippen LogP) is 5.53. The highest BCUT2D eigenvalue weighted by Gasteiger charge is 2.30. The van der Waals surface area contributed by atoms with Gasteiger partial charge in [0.2, 0.25) is 5.88 Å². The van der Waals surface area contributed by atoms with Gasteiger partial charge in [-0.3, -0.25) is 0 Å². The zero-order chi connectivity index (χ0) is 26.9. The van der Waals surface area contributed by atoms with E-state index in [1.807, 2.05) is 42.5 Å². The topological polar surface area (TPSA) is 126 Å². The van der Waals surface area contributed by atoms with Crippen LogP contribution >= 0.6 is 0 Å². The van der Waals surface area contributed by atoms with Crippen molar-refractivity contribution in [1.29, 1.82) is 0 Å². The molecule has 0 bridgehead atoms. The van der Waals surface area contributed by atoms with Gasteiger partial charge in [0.25, 0.3) is 0 Å². The van der Waals surface area contributed by atoms with Crippen molar-refractivity contribution in [2.24, 2.45) is 0 Å². The van der Waals surface area contributed by atoms with Gasteiger partial charge in [-0.25, -0.2) is 15.0 Å². The second kappa shape index (κ2) is 10.1. The molecule has 6 rings (SSSR count). The van der Waals surface area contributed by atoms with Crippen molar-refractivity contribution in [2.75, 3.05) is 25.7 Å². The van der Waals surface area contributed by atoms with Crippen LogP contribution < -0.4 is 20.9 Å². The van der Waals surface area contributed by atoms with Gasteiger partial charge in [0.15, 0.2) is 11.5 Å². The molecule has 1 unspecified atom stereocenters. The van der Waals surface area contributed by atoms with E-state index < -0.39 is 0 Å². The zero-order valence-corrected chi connectivity index (χ0v) is 21.8. The van der Waals surface area contributed by atoms with Crippen molar-refractivity contribution in [3.05, 3.63) is 78.5 Å². The monoisotopic (exact) mass is 519 g/mol. The summed E-state index contributed by atoms with van der Waals surface area (Å²) in [5.41, 5.74) is 18.5. The first-order valence-corrected chi connectivity index (χ1v) is 12.8. The van der Waals surface area contributed by atoms with E-state index in [4.69, 9.17) is 31.0 Å². The van der Waals surface area contributed by atoms with Crippen molar-refractivity contribution in [3.63, 3.8) is 0 Å². The van der Waals surface area contributed by atoms with Crippen LogP contribution in [0.4, 0.5) is 11.6 Å². The maximum absolute atomic E-state index is 6.37. The Hall–Kier alpha value is -4.92. The van der Waals surface area contributed by atoms with Gasteiger partial charge < -0.3 is 20.9 Å². The molecule has 1 aliphatic carbocycles. The predicted molar refractivity (Wildman–Crippen MR) is 153 cm³/mol. The van der Waals surface area contributed by atoms with E-state index in [0.717, 1.165) is 47.4 Å². The average Bonchev–Trinajstić information content (AvgIpc) is 3.37. The van der Waals surface area contributed by atoms with E-state index >= 15 is 0 Å². The van der Waals surface area contributed by atoms with Crippen LogP contribution in [0.25, 0.3) is 39.4 Å². The SMILES string of the molecule is COc1ccc(-c2c(-c3nc(N)cnc3N)nc3c(C4CC=CCC4)c(-c4ccccc4)nn3c2OC)cc1. The van der Waals surface area contributed by atoms with Gasteiger partial charge in [0.05, 0.1) is 31.7 Å². The van der Waals surface area contributed by atoms with E-state index in [2.05, 4.69) is 34.3 Å². The molecule has 3 aromatic heterocycles. The first-order chi connectivity index (χ1) is 19.1. The lowest BCUT2D eigenvalue weighted by Gasteiger charge is -2.19. The molecule has 0 radical (unpaired) electrons. The normalized spacial score (nSPS) is 15.0. The summed E-state index contributed by atoms with van der Waals surface area (Å²) in [6.07, 6.45) is 8.80. The van der Waals surface area contributed by atoms with Crippen LogP contribution in [0.5, 0.6) is 11.6 Å². The highest BCUT2D eigenvalue weighted by atomic mass is 16.5. The van der Waals surface area contributed by atoms with Crippen molar-refractivity contribution >= 4 is 17.3 Å². The largest absolute Gasteiger partial charge is 0.497 e. The van der Waals surface area contributed by atoms with Crippen molar-refractivity contribution in [2.45, 2.75) is 25.2 Å². The molecule has 1 atom stereocenters. The third kappa shape index (κ3) is 4.31. The molecular weight excluding hydrogens is 490 g/mol. The first-order valence-electron chi connectivity index (χ1n) is 12.8. The Bertz CT molecular complexity index is 1680. The zero-order valence-electron chi connectivity index (χ0n) is 21.8. The smallest absolute Gasteiger partial charge is 0.226 e. The van der Waals surface area contributed by atoms with Gasteiger partial charge >= 0.3 is 0 Å². The number of hydrogen-bond donors (Lipinski definition) is 2. The summed E-state index contributed by atoms with van der Waals surface area (Å²) in [6, 6.07) is 17.8. The Morgan fingerprint density at radius 2 is 1.64 bits per heavy atom. The molecule has 0 aliphatic heterocycles. The van der Waals surface area contributed by atoms with Gasteiger partial charge in [-0.05, 0) is 42.9 Å². The number of fused-ring (bicyclic) bond motifs is 1. The fourth-order valence-corrected chi connectivity index (χ4v) is 5.24. The summed E-state index contributed by atoms with van der Waals surface area (Å²) < 4.78 is 13.3. The molecule has 0 saturated carbocycles. The molecule has 2 aromatic carbocycles. The van der Waals surface area contributed by atoms with Gasteiger partial charge in [0.1, 0.15) is 23.0 Å². The van der Waals surface area contributed by atoms with Crippen LogP contribution in [0.2, 0.25) is 0 Å².